The van der Waals surface area contributed by atoms with E-state index in [9.17, 15) is 13.9 Å². The zero-order valence-corrected chi connectivity index (χ0v) is 9.21. The van der Waals surface area contributed by atoms with E-state index >= 15 is 0 Å². The number of hydrogen-bond donors (Lipinski definition) is 1. The van der Waals surface area contributed by atoms with Crippen LogP contribution in [0.4, 0.5) is 8.78 Å². The van der Waals surface area contributed by atoms with E-state index in [1.54, 1.807) is 0 Å². The molecule has 0 amide bonds. The highest BCUT2D eigenvalue weighted by Gasteiger charge is 2.38. The normalized spacial score (nSPS) is 14.4. The highest BCUT2D eigenvalue weighted by Crippen LogP contribution is 2.36. The number of aliphatic hydroxyl groups excluding tert-OH is 1. The lowest BCUT2D eigenvalue weighted by molar-refractivity contribution is -0.0340. The van der Waals surface area contributed by atoms with Crippen molar-refractivity contribution in [2.24, 2.45) is 0 Å². The van der Waals surface area contributed by atoms with E-state index < -0.39 is 10.9 Å². The number of aliphatic hydroxyl groups is 1. The molecule has 1 aromatic rings. The molecular formula is C8H11BrF2N2O. The molecule has 1 aromatic heterocycles. The number of aryl methyl sites for hydroxylation is 1. The van der Waals surface area contributed by atoms with Crippen LogP contribution in [0.2, 0.25) is 0 Å². The van der Waals surface area contributed by atoms with Crippen LogP contribution in [0.5, 0.6) is 0 Å². The molecule has 6 heteroatoms. The summed E-state index contributed by atoms with van der Waals surface area (Å²) in [5.74, 6) is 0. The molecule has 0 saturated carbocycles. The third-order valence-corrected chi connectivity index (χ3v) is 2.21. The van der Waals surface area contributed by atoms with Gasteiger partial charge in [0.25, 0.3) is 0 Å². The molecular weight excluding hydrogens is 258 g/mol. The molecule has 14 heavy (non-hydrogen) atoms. The second-order valence-electron chi connectivity index (χ2n) is 2.92. The van der Waals surface area contributed by atoms with E-state index in [1.165, 1.54) is 16.9 Å². The zero-order valence-electron chi connectivity index (χ0n) is 7.62. The van der Waals surface area contributed by atoms with Gasteiger partial charge in [0.1, 0.15) is 0 Å². The lowest BCUT2D eigenvalue weighted by Gasteiger charge is -2.17. The maximum absolute atomic E-state index is 12.7. The predicted octanol–water partition coefficient (Wildman–Crippen LogP) is 2.31. The Kier molecular flexibility index (Phi) is 3.60. The summed E-state index contributed by atoms with van der Waals surface area (Å²) in [6.45, 7) is 2.42. The van der Waals surface area contributed by atoms with Crippen molar-refractivity contribution in [2.75, 3.05) is 0 Å². The van der Waals surface area contributed by atoms with Gasteiger partial charge < -0.3 is 5.11 Å². The number of rotatable bonds is 4. The average Bonchev–Trinajstić information content (AvgIpc) is 2.50. The van der Waals surface area contributed by atoms with Crippen molar-refractivity contribution >= 4 is 15.9 Å². The molecule has 3 nitrogen and oxygen atoms in total. The minimum Gasteiger partial charge on any atom is -0.380 e. The number of nitrogens with zero attached hydrogens (tertiary/aromatic N) is 2. The third kappa shape index (κ3) is 2.51. The third-order valence-electron chi connectivity index (χ3n) is 1.78. The van der Waals surface area contributed by atoms with Crippen LogP contribution < -0.4 is 0 Å². The lowest BCUT2D eigenvalue weighted by Crippen LogP contribution is -2.22. The molecule has 0 bridgehead atoms. The monoisotopic (exact) mass is 268 g/mol. The van der Waals surface area contributed by atoms with Gasteiger partial charge in [-0.15, -0.1) is 0 Å². The second-order valence-corrected chi connectivity index (χ2v) is 3.98. The first-order valence-electron chi connectivity index (χ1n) is 4.23. The van der Waals surface area contributed by atoms with Gasteiger partial charge in [-0.3, -0.25) is 4.68 Å². The van der Waals surface area contributed by atoms with Crippen molar-refractivity contribution in [3.63, 3.8) is 0 Å². The molecule has 1 rings (SSSR count). The number of aromatic nitrogens is 2. The maximum Gasteiger partial charge on any atom is 0.332 e. The molecule has 0 fully saturated rings. The van der Waals surface area contributed by atoms with Crippen LogP contribution >= 0.6 is 15.9 Å². The lowest BCUT2D eigenvalue weighted by atomic mass is 10.2. The van der Waals surface area contributed by atoms with Gasteiger partial charge in [-0.05, 0) is 28.4 Å². The van der Waals surface area contributed by atoms with Crippen LogP contribution in [-0.2, 0) is 6.54 Å². The van der Waals surface area contributed by atoms with Gasteiger partial charge in [-0.1, -0.05) is 6.92 Å². The van der Waals surface area contributed by atoms with E-state index in [2.05, 4.69) is 21.0 Å². The van der Waals surface area contributed by atoms with Gasteiger partial charge in [0.05, 0.1) is 5.69 Å². The van der Waals surface area contributed by atoms with Crippen LogP contribution in [-0.4, -0.2) is 19.7 Å². The summed E-state index contributed by atoms with van der Waals surface area (Å²) in [5, 5.41) is 13.1. The molecule has 80 valence electrons. The first-order valence-corrected chi connectivity index (χ1v) is 5.02. The molecule has 0 spiro atoms. The molecule has 0 saturated heterocycles. The fourth-order valence-corrected chi connectivity index (χ4v) is 1.38. The quantitative estimate of drug-likeness (QED) is 0.852. The van der Waals surface area contributed by atoms with E-state index in [0.717, 1.165) is 6.42 Å². The Hall–Kier alpha value is -0.490. The Morgan fingerprint density at radius 1 is 1.71 bits per heavy atom. The Bertz CT molecular complexity index is 298. The van der Waals surface area contributed by atoms with Gasteiger partial charge in [-0.25, -0.2) is 0 Å². The van der Waals surface area contributed by atoms with E-state index in [1.807, 2.05) is 6.92 Å². The van der Waals surface area contributed by atoms with Crippen molar-refractivity contribution in [2.45, 2.75) is 30.8 Å². The highest BCUT2D eigenvalue weighted by molar-refractivity contribution is 9.10. The minimum absolute atomic E-state index is 0.119. The first-order chi connectivity index (χ1) is 6.46. The van der Waals surface area contributed by atoms with Crippen LogP contribution in [0.1, 0.15) is 25.1 Å². The summed E-state index contributed by atoms with van der Waals surface area (Å²) in [7, 11) is 0. The van der Waals surface area contributed by atoms with Gasteiger partial charge in [-0.2, -0.15) is 13.9 Å². The zero-order chi connectivity index (χ0) is 10.8. The summed E-state index contributed by atoms with van der Waals surface area (Å²) < 4.78 is 26.8. The van der Waals surface area contributed by atoms with Gasteiger partial charge in [0, 0.05) is 12.7 Å². The van der Waals surface area contributed by atoms with Crippen LogP contribution in [0.25, 0.3) is 0 Å². The SMILES string of the molecule is CCCn1nccc1C(O)C(F)(F)Br. The Morgan fingerprint density at radius 3 is 2.86 bits per heavy atom. The summed E-state index contributed by atoms with van der Waals surface area (Å²) in [5.41, 5.74) is 0.119. The molecule has 1 atom stereocenters. The number of halogens is 3. The fourth-order valence-electron chi connectivity index (χ4n) is 1.14. The predicted molar refractivity (Wildman–Crippen MR) is 51.4 cm³/mol. The van der Waals surface area contributed by atoms with Crippen molar-refractivity contribution in [1.29, 1.82) is 0 Å². The largest absolute Gasteiger partial charge is 0.380 e. The summed E-state index contributed by atoms with van der Waals surface area (Å²) in [4.78, 5) is -3.32. The van der Waals surface area contributed by atoms with E-state index in [0.29, 0.717) is 6.54 Å². The highest BCUT2D eigenvalue weighted by atomic mass is 79.9. The van der Waals surface area contributed by atoms with Crippen molar-refractivity contribution in [3.05, 3.63) is 18.0 Å². The minimum atomic E-state index is -3.32. The Morgan fingerprint density at radius 2 is 2.36 bits per heavy atom. The average molecular weight is 269 g/mol. The van der Waals surface area contributed by atoms with E-state index in [-0.39, 0.29) is 5.69 Å². The topological polar surface area (TPSA) is 38.0 Å². The van der Waals surface area contributed by atoms with Crippen molar-refractivity contribution < 1.29 is 13.9 Å². The molecule has 0 aliphatic carbocycles. The van der Waals surface area contributed by atoms with Gasteiger partial charge in [0.15, 0.2) is 6.10 Å². The van der Waals surface area contributed by atoms with Crippen molar-refractivity contribution in [3.8, 4) is 0 Å². The number of hydrogen-bond acceptors (Lipinski definition) is 2. The Labute approximate surface area is 88.9 Å². The molecule has 1 N–H and O–H groups in total. The summed E-state index contributed by atoms with van der Waals surface area (Å²) in [6.07, 6.45) is 0.305. The maximum atomic E-state index is 12.7. The molecule has 0 radical (unpaired) electrons. The van der Waals surface area contributed by atoms with Crippen LogP contribution in [0.3, 0.4) is 0 Å². The van der Waals surface area contributed by atoms with Crippen LogP contribution in [0.15, 0.2) is 12.3 Å². The second kappa shape index (κ2) is 4.35. The van der Waals surface area contributed by atoms with Crippen molar-refractivity contribution in [1.82, 2.24) is 9.78 Å². The van der Waals surface area contributed by atoms with E-state index in [4.69, 9.17) is 0 Å². The fraction of sp³-hybridized carbons (Fsp3) is 0.625. The molecule has 0 aliphatic rings. The molecule has 0 aliphatic heterocycles. The van der Waals surface area contributed by atoms with Gasteiger partial charge in [0.2, 0.25) is 0 Å². The number of alkyl halides is 3. The Balaban J connectivity index is 2.89. The molecule has 1 heterocycles. The summed E-state index contributed by atoms with van der Waals surface area (Å²) in [6, 6.07) is 1.38. The first kappa shape index (κ1) is 11.6. The summed E-state index contributed by atoms with van der Waals surface area (Å²) >= 11 is 2.13. The standard InChI is InChI=1S/C8H11BrF2N2O/c1-2-5-13-6(3-4-12-13)7(14)8(9,10)11/h3-4,7,14H,2,5H2,1H3. The van der Waals surface area contributed by atoms with Crippen LogP contribution in [0, 0.1) is 0 Å². The van der Waals surface area contributed by atoms with Gasteiger partial charge >= 0.3 is 4.83 Å². The molecule has 0 aromatic carbocycles. The smallest absolute Gasteiger partial charge is 0.332 e. The molecule has 1 unspecified atom stereocenters.